The molecule has 1 aliphatic carbocycles. The maximum absolute atomic E-state index is 6.34. The summed E-state index contributed by atoms with van der Waals surface area (Å²) in [4.78, 5) is 4.41. The Morgan fingerprint density at radius 1 is 1.04 bits per heavy atom. The van der Waals surface area contributed by atoms with Gasteiger partial charge in [-0.1, -0.05) is 34.8 Å². The summed E-state index contributed by atoms with van der Waals surface area (Å²) in [7, 11) is 0. The summed E-state index contributed by atoms with van der Waals surface area (Å²) in [5, 5.41) is 8.70. The van der Waals surface area contributed by atoms with Gasteiger partial charge in [-0.05, 0) is 37.1 Å². The van der Waals surface area contributed by atoms with E-state index in [0.717, 1.165) is 31.2 Å². The Balaban J connectivity index is 1.62. The molecular formula is C16H15ClN4O2. The van der Waals surface area contributed by atoms with Gasteiger partial charge < -0.3 is 14.8 Å². The molecule has 2 heterocycles. The third-order valence-corrected chi connectivity index (χ3v) is 4.48. The molecule has 1 aromatic carbocycles. The normalized spacial score (nSPS) is 16.8. The Kier molecular flexibility index (Phi) is 3.43. The van der Waals surface area contributed by atoms with Gasteiger partial charge in [0.05, 0.1) is 5.54 Å². The van der Waals surface area contributed by atoms with E-state index in [0.29, 0.717) is 28.2 Å². The van der Waals surface area contributed by atoms with Crippen LogP contribution in [-0.4, -0.2) is 15.3 Å². The lowest BCUT2D eigenvalue weighted by molar-refractivity contribution is 0.370. The molecule has 0 amide bonds. The van der Waals surface area contributed by atoms with Crippen LogP contribution < -0.4 is 5.73 Å². The van der Waals surface area contributed by atoms with Crippen molar-refractivity contribution in [1.29, 1.82) is 0 Å². The molecule has 23 heavy (non-hydrogen) atoms. The molecule has 118 valence electrons. The molecule has 6 nitrogen and oxygen atoms in total. The molecule has 0 bridgehead atoms. The molecule has 2 N–H and O–H groups in total. The molecule has 0 spiro atoms. The Morgan fingerprint density at radius 2 is 1.78 bits per heavy atom. The third kappa shape index (κ3) is 2.64. The number of nitrogens with zero attached hydrogens (tertiary/aromatic N) is 3. The number of hydrogen-bond acceptors (Lipinski definition) is 6. The van der Waals surface area contributed by atoms with E-state index in [-0.39, 0.29) is 0 Å². The first-order chi connectivity index (χ1) is 11.1. The fraction of sp³-hybridized carbons (Fsp3) is 0.312. The van der Waals surface area contributed by atoms with Gasteiger partial charge in [-0.15, -0.1) is 0 Å². The van der Waals surface area contributed by atoms with Gasteiger partial charge >= 0.3 is 0 Å². The lowest BCUT2D eigenvalue weighted by atomic mass is 9.99. The first-order valence-electron chi connectivity index (χ1n) is 7.50. The number of benzene rings is 1. The molecule has 1 aliphatic rings. The van der Waals surface area contributed by atoms with Gasteiger partial charge in [0.1, 0.15) is 0 Å². The number of hydrogen-bond donors (Lipinski definition) is 1. The first kappa shape index (κ1) is 14.4. The van der Waals surface area contributed by atoms with E-state index in [1.165, 1.54) is 0 Å². The largest absolute Gasteiger partial charge is 0.355 e. The molecule has 4 rings (SSSR count). The van der Waals surface area contributed by atoms with Crippen molar-refractivity contribution in [3.8, 4) is 22.9 Å². The minimum absolute atomic E-state index is 0.320. The average molecular weight is 331 g/mol. The monoisotopic (exact) mass is 330 g/mol. The second-order valence-corrected chi connectivity index (χ2v) is 6.31. The standard InChI is InChI=1S/C16H15ClN4O2/c17-11-5-3-10(4-6-11)13-9-12(20-22-13)14-19-15(21-23-14)16(18)7-1-2-8-16/h3-6,9H,1-2,7-8,18H2. The second kappa shape index (κ2) is 5.47. The fourth-order valence-electron chi connectivity index (χ4n) is 2.89. The van der Waals surface area contributed by atoms with Crippen LogP contribution in [0.25, 0.3) is 22.9 Å². The van der Waals surface area contributed by atoms with Crippen LogP contribution in [0.4, 0.5) is 0 Å². The Bertz CT molecular complexity index is 819. The summed E-state index contributed by atoms with van der Waals surface area (Å²) in [6.07, 6.45) is 3.93. The maximum Gasteiger partial charge on any atom is 0.280 e. The van der Waals surface area contributed by atoms with E-state index in [4.69, 9.17) is 26.4 Å². The number of rotatable bonds is 3. The van der Waals surface area contributed by atoms with Gasteiger partial charge in [0.2, 0.25) is 0 Å². The molecule has 7 heteroatoms. The second-order valence-electron chi connectivity index (χ2n) is 5.87. The van der Waals surface area contributed by atoms with E-state index in [1.54, 1.807) is 18.2 Å². The molecule has 0 unspecified atom stereocenters. The zero-order chi connectivity index (χ0) is 15.9. The minimum atomic E-state index is -0.482. The Labute approximate surface area is 137 Å². The SMILES string of the molecule is NC1(c2noc(-c3cc(-c4ccc(Cl)cc4)on3)n2)CCCC1. The number of aromatic nitrogens is 3. The van der Waals surface area contributed by atoms with Crippen LogP contribution in [-0.2, 0) is 5.54 Å². The fourth-order valence-corrected chi connectivity index (χ4v) is 3.01. The highest BCUT2D eigenvalue weighted by Gasteiger charge is 2.36. The van der Waals surface area contributed by atoms with Gasteiger partial charge in [0.25, 0.3) is 5.89 Å². The highest BCUT2D eigenvalue weighted by atomic mass is 35.5. The summed E-state index contributed by atoms with van der Waals surface area (Å²) >= 11 is 5.89. The zero-order valence-corrected chi connectivity index (χ0v) is 13.1. The van der Waals surface area contributed by atoms with Crippen molar-refractivity contribution in [3.05, 3.63) is 41.2 Å². The molecule has 1 saturated carbocycles. The van der Waals surface area contributed by atoms with Gasteiger partial charge in [-0.2, -0.15) is 4.98 Å². The zero-order valence-electron chi connectivity index (χ0n) is 12.3. The van der Waals surface area contributed by atoms with Crippen molar-refractivity contribution in [1.82, 2.24) is 15.3 Å². The van der Waals surface area contributed by atoms with Crippen LogP contribution in [0.5, 0.6) is 0 Å². The predicted octanol–water partition coefficient (Wildman–Crippen LogP) is 3.77. The van der Waals surface area contributed by atoms with Crippen LogP contribution in [0.3, 0.4) is 0 Å². The Morgan fingerprint density at radius 3 is 2.52 bits per heavy atom. The minimum Gasteiger partial charge on any atom is -0.355 e. The van der Waals surface area contributed by atoms with Crippen molar-refractivity contribution in [2.75, 3.05) is 0 Å². The van der Waals surface area contributed by atoms with Gasteiger partial charge in [-0.25, -0.2) is 0 Å². The van der Waals surface area contributed by atoms with Crippen molar-refractivity contribution in [2.24, 2.45) is 5.73 Å². The Hall–Kier alpha value is -2.18. The summed E-state index contributed by atoms with van der Waals surface area (Å²) in [5.74, 6) is 1.47. The van der Waals surface area contributed by atoms with Crippen molar-refractivity contribution in [3.63, 3.8) is 0 Å². The summed E-state index contributed by atoms with van der Waals surface area (Å²) in [5.41, 5.74) is 7.23. The topological polar surface area (TPSA) is 91.0 Å². The molecule has 3 aromatic rings. The molecule has 0 atom stereocenters. The molecule has 0 saturated heterocycles. The lowest BCUT2D eigenvalue weighted by Crippen LogP contribution is -2.34. The first-order valence-corrected chi connectivity index (χ1v) is 7.88. The van der Waals surface area contributed by atoms with Gasteiger partial charge in [0, 0.05) is 16.7 Å². The predicted molar refractivity (Wildman–Crippen MR) is 84.6 cm³/mol. The maximum atomic E-state index is 6.34. The van der Waals surface area contributed by atoms with Crippen molar-refractivity contribution in [2.45, 2.75) is 31.2 Å². The third-order valence-electron chi connectivity index (χ3n) is 4.23. The van der Waals surface area contributed by atoms with Gasteiger partial charge in [-0.3, -0.25) is 0 Å². The van der Waals surface area contributed by atoms with E-state index in [9.17, 15) is 0 Å². The van der Waals surface area contributed by atoms with E-state index in [1.807, 2.05) is 12.1 Å². The van der Waals surface area contributed by atoms with Crippen LogP contribution in [0.15, 0.2) is 39.4 Å². The summed E-state index contributed by atoms with van der Waals surface area (Å²) in [6.45, 7) is 0. The number of nitrogens with two attached hydrogens (primary N) is 1. The molecule has 0 aliphatic heterocycles. The van der Waals surface area contributed by atoms with Gasteiger partial charge in [0.15, 0.2) is 17.3 Å². The van der Waals surface area contributed by atoms with E-state index in [2.05, 4.69) is 15.3 Å². The average Bonchev–Trinajstić information content (AvgIpc) is 3.28. The highest BCUT2D eigenvalue weighted by Crippen LogP contribution is 2.35. The summed E-state index contributed by atoms with van der Waals surface area (Å²) < 4.78 is 10.7. The van der Waals surface area contributed by atoms with E-state index >= 15 is 0 Å². The van der Waals surface area contributed by atoms with Crippen LogP contribution in [0.1, 0.15) is 31.5 Å². The lowest BCUT2D eigenvalue weighted by Gasteiger charge is -2.17. The number of halogens is 1. The van der Waals surface area contributed by atoms with Crippen molar-refractivity contribution < 1.29 is 9.05 Å². The smallest absolute Gasteiger partial charge is 0.280 e. The summed E-state index contributed by atoms with van der Waals surface area (Å²) in [6, 6.07) is 9.07. The van der Waals surface area contributed by atoms with E-state index < -0.39 is 5.54 Å². The molecule has 1 fully saturated rings. The molecule has 0 radical (unpaired) electrons. The van der Waals surface area contributed by atoms with Crippen LogP contribution >= 0.6 is 11.6 Å². The highest BCUT2D eigenvalue weighted by molar-refractivity contribution is 6.30. The van der Waals surface area contributed by atoms with Crippen molar-refractivity contribution >= 4 is 11.6 Å². The molecular weight excluding hydrogens is 316 g/mol. The van der Waals surface area contributed by atoms with Crippen LogP contribution in [0, 0.1) is 0 Å². The van der Waals surface area contributed by atoms with Crippen LogP contribution in [0.2, 0.25) is 5.02 Å². The molecule has 2 aromatic heterocycles. The quantitative estimate of drug-likeness (QED) is 0.786.